The Kier molecular flexibility index (Phi) is 4.32. The van der Waals surface area contributed by atoms with E-state index >= 15 is 0 Å². The van der Waals surface area contributed by atoms with Crippen molar-refractivity contribution in [3.05, 3.63) is 48.0 Å². The van der Waals surface area contributed by atoms with Gasteiger partial charge in [0.1, 0.15) is 11.5 Å². The summed E-state index contributed by atoms with van der Waals surface area (Å²) in [4.78, 5) is 14.7. The summed E-state index contributed by atoms with van der Waals surface area (Å²) in [7, 11) is 0. The SMILES string of the molecule is O=C(c1ccn(-c2ccccc2F)n1)N1CCC2(CCCCC2)CC1. The molecule has 4 nitrogen and oxygen atoms in total. The number of hydrogen-bond donors (Lipinski definition) is 0. The van der Waals surface area contributed by atoms with Gasteiger partial charge in [0.25, 0.3) is 5.91 Å². The molecular weight excluding hydrogens is 317 g/mol. The van der Waals surface area contributed by atoms with Crippen LogP contribution in [0.3, 0.4) is 0 Å². The van der Waals surface area contributed by atoms with E-state index in [0.29, 0.717) is 16.8 Å². The summed E-state index contributed by atoms with van der Waals surface area (Å²) in [6, 6.07) is 8.13. The third kappa shape index (κ3) is 3.20. The van der Waals surface area contributed by atoms with E-state index in [2.05, 4.69) is 5.10 Å². The van der Waals surface area contributed by atoms with Crippen molar-refractivity contribution >= 4 is 5.91 Å². The molecule has 0 bridgehead atoms. The quantitative estimate of drug-likeness (QED) is 0.821. The van der Waals surface area contributed by atoms with E-state index < -0.39 is 0 Å². The lowest BCUT2D eigenvalue weighted by molar-refractivity contribution is 0.0467. The van der Waals surface area contributed by atoms with Crippen LogP contribution in [0.25, 0.3) is 5.69 Å². The molecular formula is C20H24FN3O. The molecule has 4 rings (SSSR count). The van der Waals surface area contributed by atoms with Crippen LogP contribution in [-0.2, 0) is 0 Å². The molecule has 1 amide bonds. The average Bonchev–Trinajstić information content (AvgIpc) is 3.13. The van der Waals surface area contributed by atoms with Gasteiger partial charge in [-0.05, 0) is 49.3 Å². The highest BCUT2D eigenvalue weighted by Crippen LogP contribution is 2.44. The summed E-state index contributed by atoms with van der Waals surface area (Å²) < 4.78 is 15.3. The molecule has 1 saturated carbocycles. The molecule has 1 spiro atoms. The highest BCUT2D eigenvalue weighted by molar-refractivity contribution is 5.92. The van der Waals surface area contributed by atoms with E-state index in [0.717, 1.165) is 25.9 Å². The summed E-state index contributed by atoms with van der Waals surface area (Å²) in [5.74, 6) is -0.387. The van der Waals surface area contributed by atoms with E-state index in [1.807, 2.05) is 4.90 Å². The Morgan fingerprint density at radius 2 is 1.72 bits per heavy atom. The molecule has 2 heterocycles. The van der Waals surface area contributed by atoms with Gasteiger partial charge in [0.15, 0.2) is 5.69 Å². The first-order valence-corrected chi connectivity index (χ1v) is 9.27. The van der Waals surface area contributed by atoms with Crippen LogP contribution < -0.4 is 0 Å². The van der Waals surface area contributed by atoms with Crippen LogP contribution in [-0.4, -0.2) is 33.7 Å². The van der Waals surface area contributed by atoms with Crippen molar-refractivity contribution in [3.63, 3.8) is 0 Å². The second kappa shape index (κ2) is 6.62. The van der Waals surface area contributed by atoms with Crippen molar-refractivity contribution in [2.45, 2.75) is 44.9 Å². The van der Waals surface area contributed by atoms with Crippen molar-refractivity contribution in [2.75, 3.05) is 13.1 Å². The Labute approximate surface area is 147 Å². The first-order valence-electron chi connectivity index (χ1n) is 9.27. The van der Waals surface area contributed by atoms with Gasteiger partial charge in [-0.2, -0.15) is 5.10 Å². The molecule has 0 unspecified atom stereocenters. The van der Waals surface area contributed by atoms with Crippen LogP contribution in [0.5, 0.6) is 0 Å². The van der Waals surface area contributed by atoms with Crippen molar-refractivity contribution < 1.29 is 9.18 Å². The van der Waals surface area contributed by atoms with Crippen LogP contribution in [0.2, 0.25) is 0 Å². The Balaban J connectivity index is 1.45. The van der Waals surface area contributed by atoms with Gasteiger partial charge in [0, 0.05) is 19.3 Å². The fraction of sp³-hybridized carbons (Fsp3) is 0.500. The standard InChI is InChI=1S/C20H24FN3O/c21-16-6-2-3-7-18(16)24-13-8-17(22-24)19(25)23-14-11-20(12-15-23)9-4-1-5-10-20/h2-3,6-8,13H,1,4-5,9-12,14-15H2. The van der Waals surface area contributed by atoms with Crippen LogP contribution >= 0.6 is 0 Å². The number of hydrogen-bond acceptors (Lipinski definition) is 2. The van der Waals surface area contributed by atoms with E-state index in [-0.39, 0.29) is 11.7 Å². The summed E-state index contributed by atoms with van der Waals surface area (Å²) in [5.41, 5.74) is 1.23. The number of amides is 1. The zero-order chi connectivity index (χ0) is 17.3. The van der Waals surface area contributed by atoms with Crippen LogP contribution in [0.1, 0.15) is 55.4 Å². The number of piperidine rings is 1. The molecule has 132 valence electrons. The Morgan fingerprint density at radius 1 is 1.00 bits per heavy atom. The van der Waals surface area contributed by atoms with Gasteiger partial charge in [0.2, 0.25) is 0 Å². The molecule has 1 aromatic carbocycles. The van der Waals surface area contributed by atoms with Crippen molar-refractivity contribution in [2.24, 2.45) is 5.41 Å². The molecule has 1 aliphatic heterocycles. The molecule has 5 heteroatoms. The third-order valence-electron chi connectivity index (χ3n) is 5.93. The fourth-order valence-corrected chi connectivity index (χ4v) is 4.36. The number of carbonyl (C=O) groups excluding carboxylic acids is 1. The van der Waals surface area contributed by atoms with Gasteiger partial charge in [-0.15, -0.1) is 0 Å². The molecule has 2 aliphatic rings. The zero-order valence-corrected chi connectivity index (χ0v) is 14.5. The highest BCUT2D eigenvalue weighted by Gasteiger charge is 2.37. The largest absolute Gasteiger partial charge is 0.337 e. The zero-order valence-electron chi connectivity index (χ0n) is 14.5. The molecule has 0 atom stereocenters. The summed E-state index contributed by atoms with van der Waals surface area (Å²) in [6.07, 6.45) is 10.5. The normalized spacial score (nSPS) is 20.0. The third-order valence-corrected chi connectivity index (χ3v) is 5.93. The van der Waals surface area contributed by atoms with E-state index in [9.17, 15) is 9.18 Å². The monoisotopic (exact) mass is 341 g/mol. The van der Waals surface area contributed by atoms with Crippen molar-refractivity contribution in [1.82, 2.24) is 14.7 Å². The number of aromatic nitrogens is 2. The number of rotatable bonds is 2. The Bertz CT molecular complexity index is 754. The number of carbonyl (C=O) groups is 1. The predicted octanol–water partition coefficient (Wildman–Crippen LogP) is 4.20. The number of benzene rings is 1. The lowest BCUT2D eigenvalue weighted by atomic mass is 9.68. The highest BCUT2D eigenvalue weighted by atomic mass is 19.1. The van der Waals surface area contributed by atoms with Gasteiger partial charge < -0.3 is 4.90 Å². The minimum atomic E-state index is -0.346. The first-order chi connectivity index (χ1) is 12.2. The molecule has 0 N–H and O–H groups in total. The maximum absolute atomic E-state index is 13.9. The summed E-state index contributed by atoms with van der Waals surface area (Å²) >= 11 is 0. The van der Waals surface area contributed by atoms with E-state index in [1.165, 1.54) is 42.9 Å². The Hall–Kier alpha value is -2.17. The number of para-hydroxylation sites is 1. The number of halogens is 1. The van der Waals surface area contributed by atoms with Crippen LogP contribution in [0.15, 0.2) is 36.5 Å². The van der Waals surface area contributed by atoms with Crippen LogP contribution in [0.4, 0.5) is 4.39 Å². The molecule has 1 saturated heterocycles. The van der Waals surface area contributed by atoms with Gasteiger partial charge in [-0.1, -0.05) is 31.4 Å². The number of likely N-dealkylation sites (tertiary alicyclic amines) is 1. The molecule has 1 aliphatic carbocycles. The molecule has 2 fully saturated rings. The molecule has 1 aromatic heterocycles. The summed E-state index contributed by atoms with van der Waals surface area (Å²) in [5, 5.41) is 4.31. The van der Waals surface area contributed by atoms with Crippen molar-refractivity contribution in [3.8, 4) is 5.69 Å². The lowest BCUT2D eigenvalue weighted by Gasteiger charge is -2.44. The maximum Gasteiger partial charge on any atom is 0.274 e. The lowest BCUT2D eigenvalue weighted by Crippen LogP contribution is -2.44. The van der Waals surface area contributed by atoms with Crippen molar-refractivity contribution in [1.29, 1.82) is 0 Å². The second-order valence-electron chi connectivity index (χ2n) is 7.45. The van der Waals surface area contributed by atoms with Gasteiger partial charge in [-0.25, -0.2) is 9.07 Å². The van der Waals surface area contributed by atoms with Crippen LogP contribution in [0, 0.1) is 11.2 Å². The number of nitrogens with zero attached hydrogens (tertiary/aromatic N) is 3. The molecule has 0 radical (unpaired) electrons. The van der Waals surface area contributed by atoms with Gasteiger partial charge in [0.05, 0.1) is 0 Å². The fourth-order valence-electron chi connectivity index (χ4n) is 4.36. The minimum absolute atomic E-state index is 0.0410. The van der Waals surface area contributed by atoms with Gasteiger partial charge >= 0.3 is 0 Å². The Morgan fingerprint density at radius 3 is 2.44 bits per heavy atom. The minimum Gasteiger partial charge on any atom is -0.337 e. The smallest absolute Gasteiger partial charge is 0.274 e. The molecule has 2 aromatic rings. The second-order valence-corrected chi connectivity index (χ2v) is 7.45. The first kappa shape index (κ1) is 16.3. The predicted molar refractivity (Wildman–Crippen MR) is 94.2 cm³/mol. The van der Waals surface area contributed by atoms with E-state index in [4.69, 9.17) is 0 Å². The average molecular weight is 341 g/mol. The van der Waals surface area contributed by atoms with E-state index in [1.54, 1.807) is 30.5 Å². The van der Waals surface area contributed by atoms with Gasteiger partial charge in [-0.3, -0.25) is 4.79 Å². The summed E-state index contributed by atoms with van der Waals surface area (Å²) in [6.45, 7) is 1.62. The maximum atomic E-state index is 13.9. The topological polar surface area (TPSA) is 38.1 Å². The molecule has 25 heavy (non-hydrogen) atoms.